The van der Waals surface area contributed by atoms with Crippen LogP contribution in [0, 0.1) is 0 Å². The molecule has 0 bridgehead atoms. The molecule has 1 aromatic heterocycles. The van der Waals surface area contributed by atoms with Gasteiger partial charge in [0.15, 0.2) is 5.84 Å². The molecule has 1 heterocycles. The number of hydrogen-bond donors (Lipinski definition) is 3. The molecule has 9 heteroatoms. The van der Waals surface area contributed by atoms with Crippen LogP contribution in [0.25, 0.3) is 0 Å². The molecule has 0 amide bonds. The largest absolute Gasteiger partial charge is 0.409 e. The topological polar surface area (TPSA) is 105 Å². The number of hydrogen-bond acceptors (Lipinski definition) is 5. The molecule has 0 radical (unpaired) electrons. The first-order valence-electron chi connectivity index (χ1n) is 5.02. The van der Waals surface area contributed by atoms with E-state index in [1.807, 2.05) is 0 Å². The fourth-order valence-corrected chi connectivity index (χ4v) is 4.14. The fourth-order valence-electron chi connectivity index (χ4n) is 1.20. The Kier molecular flexibility index (Phi) is 4.60. The lowest BCUT2D eigenvalue weighted by molar-refractivity contribution is 0.310. The maximum atomic E-state index is 12.1. The highest BCUT2D eigenvalue weighted by molar-refractivity contribution is 7.91. The normalized spacial score (nSPS) is 16.5. The molecule has 0 spiro atoms. The lowest BCUT2D eigenvalue weighted by atomic mass is 10.00. The second-order valence-corrected chi connectivity index (χ2v) is 7.46. The van der Waals surface area contributed by atoms with Crippen LogP contribution in [0.5, 0.6) is 0 Å². The van der Waals surface area contributed by atoms with E-state index < -0.39 is 15.6 Å². The lowest BCUT2D eigenvalue weighted by Gasteiger charge is -2.27. The third-order valence-corrected chi connectivity index (χ3v) is 5.87. The van der Waals surface area contributed by atoms with Gasteiger partial charge in [0.2, 0.25) is 0 Å². The highest BCUT2D eigenvalue weighted by Crippen LogP contribution is 2.26. The van der Waals surface area contributed by atoms with Crippen molar-refractivity contribution in [3.63, 3.8) is 0 Å². The molecule has 0 saturated heterocycles. The van der Waals surface area contributed by atoms with Gasteiger partial charge in [0.1, 0.15) is 4.21 Å². The Morgan fingerprint density at radius 3 is 2.67 bits per heavy atom. The van der Waals surface area contributed by atoms with E-state index in [9.17, 15) is 8.42 Å². The summed E-state index contributed by atoms with van der Waals surface area (Å²) < 4.78 is 27.0. The van der Waals surface area contributed by atoms with Crippen molar-refractivity contribution in [3.8, 4) is 0 Å². The fraction of sp³-hybridized carbons (Fsp3) is 0.444. The summed E-state index contributed by atoms with van der Waals surface area (Å²) >= 11 is 6.64. The number of amidine groups is 1. The predicted octanol–water partition coefficient (Wildman–Crippen LogP) is 1.59. The van der Waals surface area contributed by atoms with Gasteiger partial charge in [-0.1, -0.05) is 23.7 Å². The van der Waals surface area contributed by atoms with Crippen LogP contribution in [0.2, 0.25) is 4.34 Å². The maximum Gasteiger partial charge on any atom is 0.251 e. The van der Waals surface area contributed by atoms with Gasteiger partial charge in [0.25, 0.3) is 10.0 Å². The molecule has 0 aromatic carbocycles. The molecule has 4 N–H and O–H groups in total. The van der Waals surface area contributed by atoms with Crippen LogP contribution in [-0.2, 0) is 10.0 Å². The van der Waals surface area contributed by atoms with Crippen molar-refractivity contribution >= 4 is 38.8 Å². The lowest BCUT2D eigenvalue weighted by Crippen LogP contribution is -2.54. The van der Waals surface area contributed by atoms with E-state index in [-0.39, 0.29) is 10.0 Å². The van der Waals surface area contributed by atoms with Crippen molar-refractivity contribution < 1.29 is 13.6 Å². The summed E-state index contributed by atoms with van der Waals surface area (Å²) in [6.07, 6.45) is 0.335. The van der Waals surface area contributed by atoms with Gasteiger partial charge in [-0.25, -0.2) is 8.42 Å². The van der Waals surface area contributed by atoms with Crippen molar-refractivity contribution in [1.82, 2.24) is 4.72 Å². The predicted molar refractivity (Wildman–Crippen MR) is 71.8 cm³/mol. The van der Waals surface area contributed by atoms with Gasteiger partial charge in [-0.15, -0.1) is 11.3 Å². The molecular weight excluding hydrogens is 298 g/mol. The minimum atomic E-state index is -3.75. The Morgan fingerprint density at radius 1 is 1.67 bits per heavy atom. The van der Waals surface area contributed by atoms with E-state index in [4.69, 9.17) is 22.5 Å². The number of nitrogens with zero attached hydrogens (tertiary/aromatic N) is 1. The first-order chi connectivity index (χ1) is 8.25. The minimum absolute atomic E-state index is 0.0814. The van der Waals surface area contributed by atoms with Crippen molar-refractivity contribution in [2.24, 2.45) is 10.9 Å². The number of rotatable bonds is 5. The first-order valence-corrected chi connectivity index (χ1v) is 7.70. The van der Waals surface area contributed by atoms with Gasteiger partial charge in [-0.2, -0.15) is 4.72 Å². The Morgan fingerprint density at radius 2 is 2.28 bits per heavy atom. The molecule has 0 fully saturated rings. The summed E-state index contributed by atoms with van der Waals surface area (Å²) in [7, 11) is -3.75. The standard InChI is InChI=1S/C9H14ClN3O3S2/c1-3-9(2,8(11)12-14)13-18(15,16)7-5-4-6(10)17-7/h4-5,13-14H,3H2,1-2H3,(H2,11,12). The smallest absolute Gasteiger partial charge is 0.251 e. The number of nitrogens with one attached hydrogen (secondary N) is 1. The number of sulfonamides is 1. The maximum absolute atomic E-state index is 12.1. The quantitative estimate of drug-likeness (QED) is 0.332. The molecule has 1 rings (SSSR count). The number of halogens is 1. The van der Waals surface area contributed by atoms with Crippen LogP contribution in [0.3, 0.4) is 0 Å². The van der Waals surface area contributed by atoms with Crippen molar-refractivity contribution in [3.05, 3.63) is 16.5 Å². The van der Waals surface area contributed by atoms with E-state index in [2.05, 4.69) is 9.88 Å². The minimum Gasteiger partial charge on any atom is -0.409 e. The summed E-state index contributed by atoms with van der Waals surface area (Å²) in [6, 6.07) is 2.89. The molecule has 18 heavy (non-hydrogen) atoms. The van der Waals surface area contributed by atoms with Crippen LogP contribution >= 0.6 is 22.9 Å². The molecule has 6 nitrogen and oxygen atoms in total. The van der Waals surface area contributed by atoms with E-state index >= 15 is 0 Å². The van der Waals surface area contributed by atoms with E-state index in [1.165, 1.54) is 19.1 Å². The van der Waals surface area contributed by atoms with Gasteiger partial charge in [-0.3, -0.25) is 0 Å². The van der Waals surface area contributed by atoms with Gasteiger partial charge in [-0.05, 0) is 25.5 Å². The summed E-state index contributed by atoms with van der Waals surface area (Å²) in [6.45, 7) is 3.26. The average molecular weight is 312 g/mol. The van der Waals surface area contributed by atoms with Crippen LogP contribution in [-0.4, -0.2) is 25.0 Å². The third-order valence-electron chi connectivity index (χ3n) is 2.55. The van der Waals surface area contributed by atoms with E-state index in [1.54, 1.807) is 6.92 Å². The van der Waals surface area contributed by atoms with Crippen molar-refractivity contribution in [1.29, 1.82) is 0 Å². The molecule has 0 aliphatic rings. The molecular formula is C9H14ClN3O3S2. The molecule has 1 aromatic rings. The van der Waals surface area contributed by atoms with Crippen molar-refractivity contribution in [2.45, 2.75) is 30.0 Å². The van der Waals surface area contributed by atoms with E-state index in [0.29, 0.717) is 10.8 Å². The highest BCUT2D eigenvalue weighted by Gasteiger charge is 2.34. The van der Waals surface area contributed by atoms with E-state index in [0.717, 1.165) is 11.3 Å². The van der Waals surface area contributed by atoms with Gasteiger partial charge < -0.3 is 10.9 Å². The Hall–Kier alpha value is -0.830. The molecule has 0 aliphatic carbocycles. The first kappa shape index (κ1) is 15.2. The van der Waals surface area contributed by atoms with Crippen LogP contribution in [0.1, 0.15) is 20.3 Å². The van der Waals surface area contributed by atoms with Crippen LogP contribution < -0.4 is 10.5 Å². The Bertz CT molecular complexity index is 555. The van der Waals surface area contributed by atoms with Gasteiger partial charge >= 0.3 is 0 Å². The SMILES string of the molecule is CCC(C)(NS(=O)(=O)c1ccc(Cl)s1)/C(N)=N/O. The molecule has 0 aliphatic heterocycles. The monoisotopic (exact) mass is 311 g/mol. The summed E-state index contributed by atoms with van der Waals surface area (Å²) in [5.74, 6) is -0.198. The van der Waals surface area contributed by atoms with Crippen LogP contribution in [0.4, 0.5) is 0 Å². The molecule has 0 saturated carbocycles. The second-order valence-electron chi connectivity index (χ2n) is 3.83. The molecule has 1 unspecified atom stereocenters. The zero-order valence-electron chi connectivity index (χ0n) is 9.84. The summed E-state index contributed by atoms with van der Waals surface area (Å²) in [5, 5.41) is 11.5. The Balaban J connectivity index is 3.09. The van der Waals surface area contributed by atoms with Crippen molar-refractivity contribution in [2.75, 3.05) is 0 Å². The van der Waals surface area contributed by atoms with Gasteiger partial charge in [0.05, 0.1) is 9.88 Å². The third kappa shape index (κ3) is 3.14. The van der Waals surface area contributed by atoms with Crippen LogP contribution in [0.15, 0.2) is 21.5 Å². The number of oxime groups is 1. The van der Waals surface area contributed by atoms with Gasteiger partial charge in [0, 0.05) is 0 Å². The average Bonchev–Trinajstić information content (AvgIpc) is 2.74. The molecule has 1 atom stereocenters. The highest BCUT2D eigenvalue weighted by atomic mass is 35.5. The zero-order valence-corrected chi connectivity index (χ0v) is 12.2. The second kappa shape index (κ2) is 5.43. The molecule has 102 valence electrons. The number of thiophene rings is 1. The Labute approximate surface area is 114 Å². The zero-order chi connectivity index (χ0) is 14.0. The number of nitrogens with two attached hydrogens (primary N) is 1. The summed E-state index contributed by atoms with van der Waals surface area (Å²) in [5.41, 5.74) is 4.35. The summed E-state index contributed by atoms with van der Waals surface area (Å²) in [4.78, 5) is 0.